The Hall–Kier alpha value is -0.570. The predicted octanol–water partition coefficient (Wildman–Crippen LogP) is 8.08. The van der Waals surface area contributed by atoms with Gasteiger partial charge in [0.2, 0.25) is 5.91 Å². The molecule has 0 fully saturated rings. The highest BCUT2D eigenvalue weighted by molar-refractivity contribution is 5.75. The number of nitrogens with one attached hydrogen (secondary N) is 1. The first-order valence-electron chi connectivity index (χ1n) is 13.8. The molecule has 0 aromatic carbocycles. The lowest BCUT2D eigenvalue weighted by Gasteiger charge is -2.39. The number of rotatable bonds is 23. The molecule has 0 aliphatic carbocycles. The van der Waals surface area contributed by atoms with Crippen molar-refractivity contribution in [3.05, 3.63) is 7.43 Å². The van der Waals surface area contributed by atoms with Crippen molar-refractivity contribution in [1.29, 1.82) is 0 Å². The van der Waals surface area contributed by atoms with Crippen LogP contribution in [0.2, 0.25) is 0 Å². The van der Waals surface area contributed by atoms with Crippen molar-refractivity contribution in [2.45, 2.75) is 137 Å². The van der Waals surface area contributed by atoms with E-state index >= 15 is 0 Å². The van der Waals surface area contributed by atoms with Gasteiger partial charge in [0.15, 0.2) is 0 Å². The Morgan fingerprint density at radius 2 is 0.935 bits per heavy atom. The Kier molecular flexibility index (Phi) is 25.3. The van der Waals surface area contributed by atoms with Crippen molar-refractivity contribution < 1.29 is 9.28 Å². The summed E-state index contributed by atoms with van der Waals surface area (Å²) in [4.78, 5) is 12.5. The standard InChI is InChI=1S/C27H56N2O.CH3/c1-5-9-13-14-15-16-17-18-19-20-22-28-27(30)21-26-29(23-10-6-2,24-11-7-3)25-12-8-4;/h5-26H2,1-4H3;1H3/q;-1/p+1. The number of hydrogen-bond acceptors (Lipinski definition) is 1. The van der Waals surface area contributed by atoms with Crippen molar-refractivity contribution in [3.8, 4) is 0 Å². The second-order valence-corrected chi connectivity index (χ2v) is 9.58. The van der Waals surface area contributed by atoms with Crippen LogP contribution in [0.25, 0.3) is 0 Å². The zero-order chi connectivity index (χ0) is 22.3. The van der Waals surface area contributed by atoms with Crippen LogP contribution >= 0.6 is 0 Å². The average molecular weight is 441 g/mol. The molecule has 1 N–H and O–H groups in total. The highest BCUT2D eigenvalue weighted by atomic mass is 16.1. The normalized spacial score (nSPS) is 11.4. The molecule has 0 spiro atoms. The van der Waals surface area contributed by atoms with E-state index in [-0.39, 0.29) is 13.3 Å². The monoisotopic (exact) mass is 440 g/mol. The maximum Gasteiger partial charge on any atom is 0.225 e. The molecule has 3 heteroatoms. The fourth-order valence-electron chi connectivity index (χ4n) is 4.42. The van der Waals surface area contributed by atoms with Gasteiger partial charge < -0.3 is 17.2 Å². The second-order valence-electron chi connectivity index (χ2n) is 9.58. The number of unbranched alkanes of at least 4 members (excludes halogenated alkanes) is 12. The molecule has 0 aliphatic heterocycles. The third kappa shape index (κ3) is 19.8. The zero-order valence-corrected chi connectivity index (χ0v) is 22.4. The highest BCUT2D eigenvalue weighted by Gasteiger charge is 2.26. The number of hydrogen-bond donors (Lipinski definition) is 1. The van der Waals surface area contributed by atoms with Crippen LogP contribution in [0, 0.1) is 7.43 Å². The van der Waals surface area contributed by atoms with Gasteiger partial charge in [-0.25, -0.2) is 0 Å². The van der Waals surface area contributed by atoms with Crippen LogP contribution < -0.4 is 5.32 Å². The van der Waals surface area contributed by atoms with E-state index in [1.54, 1.807) is 0 Å². The molecule has 1 amide bonds. The number of amides is 1. The Labute approximate surface area is 197 Å². The number of quaternary nitrogens is 1. The lowest BCUT2D eigenvalue weighted by molar-refractivity contribution is -0.928. The van der Waals surface area contributed by atoms with Gasteiger partial charge in [-0.05, 0) is 25.7 Å². The van der Waals surface area contributed by atoms with Crippen molar-refractivity contribution in [2.75, 3.05) is 32.7 Å². The van der Waals surface area contributed by atoms with Crippen LogP contribution in [0.1, 0.15) is 137 Å². The number of carbonyl (C=O) groups is 1. The Bertz CT molecular complexity index is 348. The quantitative estimate of drug-likeness (QED) is 0.0970. The van der Waals surface area contributed by atoms with Crippen LogP contribution in [-0.4, -0.2) is 43.1 Å². The fourth-order valence-corrected chi connectivity index (χ4v) is 4.42. The van der Waals surface area contributed by atoms with Gasteiger partial charge in [0.25, 0.3) is 0 Å². The summed E-state index contributed by atoms with van der Waals surface area (Å²) in [5, 5.41) is 3.20. The maximum atomic E-state index is 12.5. The molecule has 0 bridgehead atoms. The maximum absolute atomic E-state index is 12.5. The Balaban J connectivity index is 0. The van der Waals surface area contributed by atoms with Gasteiger partial charge in [0.05, 0.1) is 32.6 Å². The van der Waals surface area contributed by atoms with Crippen LogP contribution in [0.4, 0.5) is 0 Å². The molecule has 31 heavy (non-hydrogen) atoms. The van der Waals surface area contributed by atoms with Crippen molar-refractivity contribution >= 4 is 5.91 Å². The Morgan fingerprint density at radius 3 is 1.35 bits per heavy atom. The van der Waals surface area contributed by atoms with E-state index in [0.29, 0.717) is 6.42 Å². The summed E-state index contributed by atoms with van der Waals surface area (Å²) in [7, 11) is 0. The largest absolute Gasteiger partial charge is 0.358 e. The van der Waals surface area contributed by atoms with Crippen LogP contribution in [-0.2, 0) is 4.79 Å². The lowest BCUT2D eigenvalue weighted by atomic mass is 10.1. The molecule has 188 valence electrons. The third-order valence-corrected chi connectivity index (χ3v) is 6.62. The molecule has 0 heterocycles. The molecule has 0 unspecified atom stereocenters. The molecule has 3 nitrogen and oxygen atoms in total. The average Bonchev–Trinajstić information content (AvgIpc) is 2.76. The summed E-state index contributed by atoms with van der Waals surface area (Å²) in [6, 6.07) is 0. The molecule has 0 aliphatic rings. The van der Waals surface area contributed by atoms with Gasteiger partial charge in [-0.1, -0.05) is 105 Å². The molecule has 0 atom stereocenters. The SMILES string of the molecule is CCCCCCCCCCCCNC(=O)CC[N+](CCCC)(CCCC)CCCC.[CH3-]. The van der Waals surface area contributed by atoms with E-state index < -0.39 is 0 Å². The molecule has 0 aromatic heterocycles. The smallest absolute Gasteiger partial charge is 0.225 e. The zero-order valence-electron chi connectivity index (χ0n) is 22.4. The summed E-state index contributed by atoms with van der Waals surface area (Å²) >= 11 is 0. The summed E-state index contributed by atoms with van der Waals surface area (Å²) in [6.45, 7) is 14.8. The molecule has 0 saturated heterocycles. The van der Waals surface area contributed by atoms with Crippen molar-refractivity contribution in [3.63, 3.8) is 0 Å². The summed E-state index contributed by atoms with van der Waals surface area (Å²) in [6.07, 6.45) is 21.8. The van der Waals surface area contributed by atoms with E-state index in [1.165, 1.54) is 120 Å². The molecule has 0 radical (unpaired) electrons. The van der Waals surface area contributed by atoms with E-state index in [9.17, 15) is 4.79 Å². The molecule has 0 aromatic rings. The summed E-state index contributed by atoms with van der Waals surface area (Å²) in [5.74, 6) is 0.276. The number of carbonyl (C=O) groups excluding carboxylic acids is 1. The van der Waals surface area contributed by atoms with E-state index in [4.69, 9.17) is 0 Å². The van der Waals surface area contributed by atoms with E-state index in [0.717, 1.165) is 19.5 Å². The molecule has 0 rings (SSSR count). The first-order chi connectivity index (χ1) is 14.6. The minimum absolute atomic E-state index is 0. The van der Waals surface area contributed by atoms with E-state index in [1.807, 2.05) is 0 Å². The summed E-state index contributed by atoms with van der Waals surface area (Å²) < 4.78 is 1.17. The lowest BCUT2D eigenvalue weighted by Crippen LogP contribution is -2.51. The topological polar surface area (TPSA) is 29.1 Å². The molecular formula is C28H60N2O. The van der Waals surface area contributed by atoms with Crippen molar-refractivity contribution in [1.82, 2.24) is 5.32 Å². The first-order valence-corrected chi connectivity index (χ1v) is 13.8. The van der Waals surface area contributed by atoms with Gasteiger partial charge in [0, 0.05) is 6.54 Å². The molecular weight excluding hydrogens is 380 g/mol. The minimum atomic E-state index is 0. The van der Waals surface area contributed by atoms with E-state index in [2.05, 4.69) is 33.0 Å². The predicted molar refractivity (Wildman–Crippen MR) is 140 cm³/mol. The van der Waals surface area contributed by atoms with Gasteiger partial charge >= 0.3 is 0 Å². The van der Waals surface area contributed by atoms with Crippen LogP contribution in [0.5, 0.6) is 0 Å². The number of nitrogens with zero attached hydrogens (tertiary/aromatic N) is 1. The van der Waals surface area contributed by atoms with Crippen LogP contribution in [0.15, 0.2) is 0 Å². The van der Waals surface area contributed by atoms with Gasteiger partial charge in [-0.3, -0.25) is 4.79 Å². The molecule has 0 saturated carbocycles. The Morgan fingerprint density at radius 1 is 0.548 bits per heavy atom. The highest BCUT2D eigenvalue weighted by Crippen LogP contribution is 2.16. The second kappa shape index (κ2) is 24.1. The fraction of sp³-hybridized carbons (Fsp3) is 0.929. The van der Waals surface area contributed by atoms with Crippen LogP contribution in [0.3, 0.4) is 0 Å². The van der Waals surface area contributed by atoms with Gasteiger partial charge in [0.1, 0.15) is 0 Å². The van der Waals surface area contributed by atoms with Gasteiger partial charge in [-0.15, -0.1) is 0 Å². The third-order valence-electron chi connectivity index (χ3n) is 6.62. The van der Waals surface area contributed by atoms with Crippen molar-refractivity contribution in [2.24, 2.45) is 0 Å². The van der Waals surface area contributed by atoms with Gasteiger partial charge in [-0.2, -0.15) is 0 Å². The minimum Gasteiger partial charge on any atom is -0.358 e. The first kappa shape index (κ1) is 32.6. The summed E-state index contributed by atoms with van der Waals surface area (Å²) in [5.41, 5.74) is 0.